The highest BCUT2D eigenvalue weighted by atomic mass is 35.5. The van der Waals surface area contributed by atoms with Gasteiger partial charge in [0.1, 0.15) is 18.6 Å². The van der Waals surface area contributed by atoms with Gasteiger partial charge in [-0.3, -0.25) is 4.79 Å². The molecule has 12 heteroatoms. The van der Waals surface area contributed by atoms with E-state index < -0.39 is 12.1 Å². The van der Waals surface area contributed by atoms with Crippen LogP contribution in [0, 0.1) is 0 Å². The number of hydrogen-bond acceptors (Lipinski definition) is 4. The largest absolute Gasteiger partial charge is 0.542 e. The van der Waals surface area contributed by atoms with Crippen molar-refractivity contribution in [3.8, 4) is 0 Å². The Hall–Kier alpha value is -3.15. The predicted octanol–water partition coefficient (Wildman–Crippen LogP) is -0.215. The number of carboxylic acids is 1. The molecule has 4 rings (SSSR count). The molecule has 0 radical (unpaired) electrons. The van der Waals surface area contributed by atoms with Crippen LogP contribution in [0.15, 0.2) is 48.7 Å². The maximum absolute atomic E-state index is 12.8. The third-order valence-electron chi connectivity index (χ3n) is 5.25. The van der Waals surface area contributed by atoms with Crippen molar-refractivity contribution in [1.82, 2.24) is 10.3 Å². The number of carboxylic acid groups (broad SMARTS) is 1. The Morgan fingerprint density at radius 2 is 2.00 bits per heavy atom. The van der Waals surface area contributed by atoms with Gasteiger partial charge < -0.3 is 25.2 Å². The lowest BCUT2D eigenvalue weighted by molar-refractivity contribution is -0.908. The number of amides is 1. The normalized spacial score (nSPS) is 17.8. The molecule has 0 aliphatic carbocycles. The number of aliphatic carboxylic acids is 1. The molecule has 34 heavy (non-hydrogen) atoms. The molecule has 1 amide bonds. The van der Waals surface area contributed by atoms with Crippen LogP contribution >= 0.6 is 11.6 Å². The first-order valence-electron chi connectivity index (χ1n) is 10.4. The number of fused-ring (bicyclic) bond motifs is 1. The van der Waals surface area contributed by atoms with Crippen LogP contribution in [-0.2, 0) is 17.9 Å². The zero-order valence-corrected chi connectivity index (χ0v) is 18.6. The number of carbonyl (C=O) groups is 2. The van der Waals surface area contributed by atoms with Gasteiger partial charge in [-0.1, -0.05) is 29.8 Å². The van der Waals surface area contributed by atoms with Crippen LogP contribution in [0.3, 0.4) is 0 Å². The van der Waals surface area contributed by atoms with E-state index in [0.29, 0.717) is 17.3 Å². The number of aliphatic hydroxyl groups excluding tert-OH is 1. The number of carbonyl (C=O) groups excluding carboxylic acids is 2. The Morgan fingerprint density at radius 3 is 2.62 bits per heavy atom. The molecule has 8 nitrogen and oxygen atoms in total. The number of aromatic amines is 1. The number of aromatic nitrogens is 2. The number of nitrogens with zero attached hydrogens (tertiary/aromatic N) is 1. The average molecular weight is 500 g/mol. The monoisotopic (exact) mass is 499 g/mol. The topological polar surface area (TPSA) is 114 Å². The van der Waals surface area contributed by atoms with Gasteiger partial charge in [-0.05, 0) is 29.8 Å². The summed E-state index contributed by atoms with van der Waals surface area (Å²) < 4.78 is 33.6. The Bertz CT molecular complexity index is 1170. The standard InChI is InChI=1S/C20H21ClN4O2.C2HF3O2/c21-15-5-3-4-14(10-15)11-22-20(27)19-17-6-1-2-8-25(17)18(23-19)13-24-9-7-16(26)12-24;3-2(4,5)1(6)7/h1-6,8,10,16,26H,7,9,11-13H2,(H,22,27);(H,6,7)/p+1. The number of rotatable bonds is 5. The summed E-state index contributed by atoms with van der Waals surface area (Å²) in [6.45, 7) is 2.83. The van der Waals surface area contributed by atoms with Gasteiger partial charge in [0.15, 0.2) is 12.1 Å². The van der Waals surface area contributed by atoms with Crippen LogP contribution < -0.4 is 19.7 Å². The smallest absolute Gasteiger partial charge is 0.430 e. The number of quaternary nitrogens is 1. The second-order valence-electron chi connectivity index (χ2n) is 7.82. The van der Waals surface area contributed by atoms with Crippen LogP contribution in [0.1, 0.15) is 28.3 Å². The lowest BCUT2D eigenvalue weighted by Crippen LogP contribution is -3.09. The molecule has 1 saturated heterocycles. The van der Waals surface area contributed by atoms with Crippen molar-refractivity contribution in [2.45, 2.75) is 31.8 Å². The molecule has 2 unspecified atom stereocenters. The van der Waals surface area contributed by atoms with Crippen LogP contribution in [0.25, 0.3) is 5.52 Å². The fraction of sp³-hybridized carbons (Fsp3) is 0.318. The number of hydrogen-bond donors (Lipinski definition) is 4. The van der Waals surface area contributed by atoms with Gasteiger partial charge in [0.25, 0.3) is 5.91 Å². The van der Waals surface area contributed by atoms with E-state index in [1.165, 1.54) is 4.90 Å². The van der Waals surface area contributed by atoms with Crippen molar-refractivity contribution in [3.05, 3.63) is 70.8 Å². The minimum Gasteiger partial charge on any atom is -0.542 e. The van der Waals surface area contributed by atoms with Gasteiger partial charge in [-0.15, -0.1) is 0 Å². The molecule has 4 N–H and O–H groups in total. The number of pyridine rings is 1. The number of alkyl halides is 3. The van der Waals surface area contributed by atoms with E-state index in [4.69, 9.17) is 21.5 Å². The number of benzene rings is 1. The maximum atomic E-state index is 12.8. The molecule has 182 valence electrons. The molecular formula is C22H23ClF3N4O4+. The van der Waals surface area contributed by atoms with E-state index in [9.17, 15) is 23.1 Å². The highest BCUT2D eigenvalue weighted by molar-refractivity contribution is 6.30. The number of halogens is 4. The highest BCUT2D eigenvalue weighted by Crippen LogP contribution is 2.12. The summed E-state index contributed by atoms with van der Waals surface area (Å²) in [5, 5.41) is 22.2. The van der Waals surface area contributed by atoms with E-state index in [0.717, 1.165) is 43.0 Å². The Labute approximate surface area is 197 Å². The minimum atomic E-state index is -5.19. The molecule has 0 bridgehead atoms. The second kappa shape index (κ2) is 10.9. The van der Waals surface area contributed by atoms with Crippen molar-refractivity contribution in [3.63, 3.8) is 0 Å². The highest BCUT2D eigenvalue weighted by Gasteiger charge is 2.30. The first-order valence-corrected chi connectivity index (χ1v) is 10.8. The lowest BCUT2D eigenvalue weighted by Gasteiger charge is -2.08. The van der Waals surface area contributed by atoms with Gasteiger partial charge in [0.05, 0.1) is 12.7 Å². The first-order chi connectivity index (χ1) is 16.0. The van der Waals surface area contributed by atoms with Crippen LogP contribution in [0.5, 0.6) is 0 Å². The number of imidazole rings is 1. The van der Waals surface area contributed by atoms with E-state index in [1.807, 2.05) is 53.1 Å². The van der Waals surface area contributed by atoms with E-state index in [2.05, 4.69) is 10.3 Å². The third-order valence-corrected chi connectivity index (χ3v) is 5.48. The van der Waals surface area contributed by atoms with Crippen molar-refractivity contribution in [2.24, 2.45) is 0 Å². The van der Waals surface area contributed by atoms with Gasteiger partial charge in [-0.2, -0.15) is 17.6 Å². The molecule has 0 saturated carbocycles. The predicted molar refractivity (Wildman–Crippen MR) is 113 cm³/mol. The number of nitrogens with one attached hydrogen (secondary N) is 3. The van der Waals surface area contributed by atoms with E-state index in [1.54, 1.807) is 0 Å². The summed E-state index contributed by atoms with van der Waals surface area (Å²) in [7, 11) is 0. The molecular weight excluding hydrogens is 477 g/mol. The van der Waals surface area contributed by atoms with Gasteiger partial charge >= 0.3 is 12.0 Å². The number of likely N-dealkylation sites (tertiary alicyclic amines) is 1. The Kier molecular flexibility index (Phi) is 8.13. The fourth-order valence-corrected chi connectivity index (χ4v) is 3.89. The molecule has 1 aromatic carbocycles. The number of aliphatic hydroxyl groups is 1. The van der Waals surface area contributed by atoms with Gasteiger partial charge in [-0.25, -0.2) is 4.98 Å². The Balaban J connectivity index is 0.000000406. The quantitative estimate of drug-likeness (QED) is 0.364. The zero-order valence-electron chi connectivity index (χ0n) is 17.9. The Morgan fingerprint density at radius 1 is 1.26 bits per heavy atom. The third kappa shape index (κ3) is 6.69. The van der Waals surface area contributed by atoms with Crippen molar-refractivity contribution >= 4 is 29.0 Å². The molecule has 1 fully saturated rings. The van der Waals surface area contributed by atoms with Gasteiger partial charge in [0.2, 0.25) is 5.69 Å². The van der Waals surface area contributed by atoms with Crippen molar-refractivity contribution < 1.29 is 42.3 Å². The summed E-state index contributed by atoms with van der Waals surface area (Å²) in [5.74, 6) is -2.20. The molecule has 3 aromatic rings. The van der Waals surface area contributed by atoms with E-state index >= 15 is 0 Å². The van der Waals surface area contributed by atoms with Crippen molar-refractivity contribution in [2.75, 3.05) is 13.1 Å². The van der Waals surface area contributed by atoms with Crippen LogP contribution in [0.4, 0.5) is 13.2 Å². The van der Waals surface area contributed by atoms with Crippen LogP contribution in [0.2, 0.25) is 5.02 Å². The molecule has 0 spiro atoms. The van der Waals surface area contributed by atoms with E-state index in [-0.39, 0.29) is 12.0 Å². The molecule has 1 aliphatic rings. The van der Waals surface area contributed by atoms with Gasteiger partial charge in [0, 0.05) is 18.0 Å². The number of H-pyrrole nitrogens is 1. The molecule has 2 aromatic heterocycles. The molecule has 2 atom stereocenters. The minimum absolute atomic E-state index is 0.151. The first kappa shape index (κ1) is 25.5. The lowest BCUT2D eigenvalue weighted by atomic mass is 10.2. The summed E-state index contributed by atoms with van der Waals surface area (Å²) in [6, 6.07) is 13.3. The molecule has 1 aliphatic heterocycles. The summed E-state index contributed by atoms with van der Waals surface area (Å²) >= 11 is 6.01. The zero-order chi connectivity index (χ0) is 24.9. The maximum Gasteiger partial charge on any atom is 0.430 e. The second-order valence-corrected chi connectivity index (χ2v) is 8.26. The fourth-order valence-electron chi connectivity index (χ4n) is 3.68. The molecule has 3 heterocycles. The van der Waals surface area contributed by atoms with Crippen molar-refractivity contribution in [1.29, 1.82) is 0 Å². The summed E-state index contributed by atoms with van der Waals surface area (Å²) in [5.41, 5.74) is 2.34. The SMILES string of the molecule is O=C(NCc1cccc(Cl)c1)c1[nH]c(C[NH+]2CCC(O)C2)[n+]2ccccc12.O=C([O-])C(F)(F)F. The van der Waals surface area contributed by atoms with Crippen LogP contribution in [-0.4, -0.2) is 47.3 Å². The summed E-state index contributed by atoms with van der Waals surface area (Å²) in [4.78, 5) is 26.2. The average Bonchev–Trinajstić information content (AvgIpc) is 3.36. The summed E-state index contributed by atoms with van der Waals surface area (Å²) in [6.07, 6.45) is -2.64.